The van der Waals surface area contributed by atoms with Crippen molar-refractivity contribution in [3.8, 4) is 17.0 Å². The van der Waals surface area contributed by atoms with Crippen LogP contribution in [-0.4, -0.2) is 20.4 Å². The Morgan fingerprint density at radius 1 is 0.912 bits per heavy atom. The summed E-state index contributed by atoms with van der Waals surface area (Å²) in [5, 5.41) is 4.89. The molecule has 0 aliphatic heterocycles. The first-order valence-corrected chi connectivity index (χ1v) is 11.0. The highest BCUT2D eigenvalue weighted by Crippen LogP contribution is 2.26. The van der Waals surface area contributed by atoms with Gasteiger partial charge in [0.15, 0.2) is 0 Å². The second kappa shape index (κ2) is 9.19. The van der Waals surface area contributed by atoms with Crippen LogP contribution >= 0.6 is 0 Å². The largest absolute Gasteiger partial charge is 0.489 e. The van der Waals surface area contributed by atoms with Gasteiger partial charge in [0.2, 0.25) is 0 Å². The molecule has 0 saturated heterocycles. The zero-order chi connectivity index (χ0) is 23.5. The number of rotatable bonds is 6. The average molecular weight is 449 g/mol. The van der Waals surface area contributed by atoms with Crippen molar-refractivity contribution in [3.63, 3.8) is 0 Å². The summed E-state index contributed by atoms with van der Waals surface area (Å²) >= 11 is 0. The number of nitrogens with one attached hydrogen (secondary N) is 1. The zero-order valence-electron chi connectivity index (χ0n) is 19.0. The van der Waals surface area contributed by atoms with E-state index in [9.17, 15) is 4.79 Å². The summed E-state index contributed by atoms with van der Waals surface area (Å²) in [5.74, 6) is 1.94. The van der Waals surface area contributed by atoms with Gasteiger partial charge in [-0.15, -0.1) is 0 Å². The fourth-order valence-electron chi connectivity index (χ4n) is 3.77. The first kappa shape index (κ1) is 21.4. The second-order valence-electron chi connectivity index (χ2n) is 8.13. The van der Waals surface area contributed by atoms with Crippen LogP contribution in [0.1, 0.15) is 21.7 Å². The van der Waals surface area contributed by atoms with Crippen LogP contribution in [0.25, 0.3) is 22.0 Å². The molecule has 1 N–H and O–H groups in total. The molecule has 0 saturated carbocycles. The van der Waals surface area contributed by atoms with Crippen LogP contribution < -0.4 is 10.1 Å². The Morgan fingerprint density at radius 3 is 2.44 bits per heavy atom. The summed E-state index contributed by atoms with van der Waals surface area (Å²) in [6.07, 6.45) is 3.64. The minimum atomic E-state index is -0.222. The predicted octanol–water partition coefficient (Wildman–Crippen LogP) is 5.78. The molecule has 5 rings (SSSR count). The molecule has 6 nitrogen and oxygen atoms in total. The van der Waals surface area contributed by atoms with Gasteiger partial charge >= 0.3 is 0 Å². The number of carbonyl (C=O) groups excluding carboxylic acids is 1. The molecule has 6 heteroatoms. The number of anilines is 1. The van der Waals surface area contributed by atoms with E-state index in [1.807, 2.05) is 62.6 Å². The lowest BCUT2D eigenvalue weighted by atomic mass is 10.1. The molecular weight excluding hydrogens is 424 g/mol. The summed E-state index contributed by atoms with van der Waals surface area (Å²) in [4.78, 5) is 21.6. The van der Waals surface area contributed by atoms with E-state index in [4.69, 9.17) is 4.74 Å². The fraction of sp³-hybridized carbons (Fsp3) is 0.107. The summed E-state index contributed by atoms with van der Waals surface area (Å²) in [6, 6.07) is 25.1. The molecule has 2 aromatic heterocycles. The van der Waals surface area contributed by atoms with Gasteiger partial charge in [0, 0.05) is 29.8 Å². The normalized spacial score (nSPS) is 10.9. The van der Waals surface area contributed by atoms with Crippen LogP contribution in [0.15, 0.2) is 91.3 Å². The van der Waals surface area contributed by atoms with Crippen LogP contribution in [-0.2, 0) is 13.7 Å². The predicted molar refractivity (Wildman–Crippen MR) is 134 cm³/mol. The van der Waals surface area contributed by atoms with E-state index < -0.39 is 0 Å². The maximum Gasteiger partial charge on any atom is 0.256 e. The summed E-state index contributed by atoms with van der Waals surface area (Å²) in [5.41, 5.74) is 3.72. The third kappa shape index (κ3) is 4.52. The number of aromatic nitrogens is 3. The Balaban J connectivity index is 1.29. The number of hydrogen-bond donors (Lipinski definition) is 1. The number of ether oxygens (including phenoxy) is 1. The topological polar surface area (TPSA) is 69.0 Å². The van der Waals surface area contributed by atoms with Crippen molar-refractivity contribution in [1.29, 1.82) is 0 Å². The number of carbonyl (C=O) groups is 1. The molecule has 168 valence electrons. The van der Waals surface area contributed by atoms with Gasteiger partial charge in [-0.1, -0.05) is 42.5 Å². The number of amides is 1. The molecule has 0 unspecified atom stereocenters. The maximum atomic E-state index is 12.8. The van der Waals surface area contributed by atoms with Crippen LogP contribution in [0.4, 0.5) is 5.82 Å². The van der Waals surface area contributed by atoms with Gasteiger partial charge < -0.3 is 14.6 Å². The molecular formula is C28H24N4O2. The molecule has 1 amide bonds. The Bertz CT molecular complexity index is 1460. The molecule has 0 aliphatic rings. The third-order valence-electron chi connectivity index (χ3n) is 5.84. The number of benzene rings is 3. The average Bonchev–Trinajstić information content (AvgIpc) is 3.21. The molecule has 5 aromatic rings. The number of fused-ring (bicyclic) bond motifs is 1. The van der Waals surface area contributed by atoms with Gasteiger partial charge in [0.1, 0.15) is 24.0 Å². The van der Waals surface area contributed by atoms with Gasteiger partial charge in [0.05, 0.1) is 11.9 Å². The molecule has 0 fully saturated rings. The van der Waals surface area contributed by atoms with Crippen LogP contribution in [0, 0.1) is 6.92 Å². The lowest BCUT2D eigenvalue weighted by molar-refractivity contribution is 0.102. The lowest BCUT2D eigenvalue weighted by Crippen LogP contribution is -2.12. The smallest absolute Gasteiger partial charge is 0.256 e. The molecule has 0 bridgehead atoms. The van der Waals surface area contributed by atoms with Crippen molar-refractivity contribution in [2.24, 2.45) is 7.05 Å². The van der Waals surface area contributed by atoms with Crippen molar-refractivity contribution in [1.82, 2.24) is 14.5 Å². The molecule has 2 heterocycles. The number of aryl methyl sites for hydroxylation is 1. The molecule has 3 aromatic carbocycles. The van der Waals surface area contributed by atoms with Crippen molar-refractivity contribution < 1.29 is 9.53 Å². The summed E-state index contributed by atoms with van der Waals surface area (Å²) in [7, 11) is 2.00. The van der Waals surface area contributed by atoms with Crippen LogP contribution in [0.5, 0.6) is 5.75 Å². The Kier molecular flexibility index (Phi) is 5.79. The SMILES string of the molecule is Cc1ncc(-c2ccc3cnc(NC(=O)c4ccc(OCc5ccccc5)cc4)cc3c2)n1C. The summed E-state index contributed by atoms with van der Waals surface area (Å²) in [6.45, 7) is 2.46. The van der Waals surface area contributed by atoms with Crippen LogP contribution in [0.2, 0.25) is 0 Å². The molecule has 0 spiro atoms. The van der Waals surface area contributed by atoms with E-state index in [-0.39, 0.29) is 5.91 Å². The van der Waals surface area contributed by atoms with E-state index in [1.54, 1.807) is 30.5 Å². The molecule has 0 radical (unpaired) electrons. The maximum absolute atomic E-state index is 12.8. The molecule has 0 aliphatic carbocycles. The van der Waals surface area contributed by atoms with Crippen molar-refractivity contribution >= 4 is 22.5 Å². The van der Waals surface area contributed by atoms with E-state index in [1.165, 1.54) is 0 Å². The van der Waals surface area contributed by atoms with E-state index in [2.05, 4.69) is 32.0 Å². The quantitative estimate of drug-likeness (QED) is 0.358. The van der Waals surface area contributed by atoms with E-state index in [0.717, 1.165) is 33.4 Å². The Hall–Kier alpha value is -4.45. The Morgan fingerprint density at radius 2 is 1.71 bits per heavy atom. The first-order valence-electron chi connectivity index (χ1n) is 11.0. The highest BCUT2D eigenvalue weighted by Gasteiger charge is 2.10. The Labute approximate surface area is 197 Å². The van der Waals surface area contributed by atoms with E-state index in [0.29, 0.717) is 23.7 Å². The van der Waals surface area contributed by atoms with Crippen molar-refractivity contribution in [2.75, 3.05) is 5.32 Å². The second-order valence-corrected chi connectivity index (χ2v) is 8.13. The van der Waals surface area contributed by atoms with Gasteiger partial charge in [-0.2, -0.15) is 0 Å². The standard InChI is InChI=1S/C28H24N4O2/c1-19-29-17-26(32(19)2)22-8-9-23-16-30-27(15-24(23)14-22)31-28(33)21-10-12-25(13-11-21)34-18-20-6-4-3-5-7-20/h3-17H,18H2,1-2H3,(H,30,31,33). The first-order chi connectivity index (χ1) is 16.6. The van der Waals surface area contributed by atoms with E-state index >= 15 is 0 Å². The van der Waals surface area contributed by atoms with Gasteiger partial charge in [-0.3, -0.25) is 4.79 Å². The number of hydrogen-bond acceptors (Lipinski definition) is 4. The van der Waals surface area contributed by atoms with Crippen LogP contribution in [0.3, 0.4) is 0 Å². The highest BCUT2D eigenvalue weighted by atomic mass is 16.5. The van der Waals surface area contributed by atoms with Crippen molar-refractivity contribution in [3.05, 3.63) is 108 Å². The van der Waals surface area contributed by atoms with Gasteiger partial charge in [-0.25, -0.2) is 9.97 Å². The van der Waals surface area contributed by atoms with Gasteiger partial charge in [0.25, 0.3) is 5.91 Å². The highest BCUT2D eigenvalue weighted by molar-refractivity contribution is 6.04. The minimum absolute atomic E-state index is 0.222. The van der Waals surface area contributed by atoms with Gasteiger partial charge in [-0.05, 0) is 54.3 Å². The molecule has 34 heavy (non-hydrogen) atoms. The monoisotopic (exact) mass is 448 g/mol. The lowest BCUT2D eigenvalue weighted by Gasteiger charge is -2.09. The minimum Gasteiger partial charge on any atom is -0.489 e. The summed E-state index contributed by atoms with van der Waals surface area (Å²) < 4.78 is 7.85. The zero-order valence-corrected chi connectivity index (χ0v) is 19.0. The molecule has 0 atom stereocenters. The number of imidazole rings is 1. The number of pyridine rings is 1. The van der Waals surface area contributed by atoms with Crippen molar-refractivity contribution in [2.45, 2.75) is 13.5 Å². The third-order valence-corrected chi connectivity index (χ3v) is 5.84. The number of nitrogens with zero attached hydrogens (tertiary/aromatic N) is 3. The fourth-order valence-corrected chi connectivity index (χ4v) is 3.77.